The fourth-order valence-corrected chi connectivity index (χ4v) is 3.10. The Kier molecular flexibility index (Phi) is 4.14. The van der Waals surface area contributed by atoms with Gasteiger partial charge in [-0.15, -0.1) is 11.3 Å². The number of anilines is 3. The van der Waals surface area contributed by atoms with Crippen LogP contribution in [0.3, 0.4) is 0 Å². The van der Waals surface area contributed by atoms with Gasteiger partial charge in [0.05, 0.1) is 25.8 Å². The molecule has 3 rings (SSSR count). The quantitative estimate of drug-likeness (QED) is 0.688. The topological polar surface area (TPSA) is 49.8 Å². The van der Waals surface area contributed by atoms with Crippen molar-refractivity contribution in [3.63, 3.8) is 0 Å². The zero-order valence-corrected chi connectivity index (χ0v) is 13.5. The van der Waals surface area contributed by atoms with Crippen LogP contribution in [0.4, 0.5) is 17.3 Å². The van der Waals surface area contributed by atoms with E-state index in [0.29, 0.717) is 21.7 Å². The summed E-state index contributed by atoms with van der Waals surface area (Å²) in [7, 11) is 0. The van der Waals surface area contributed by atoms with Gasteiger partial charge in [0.15, 0.2) is 5.82 Å². The van der Waals surface area contributed by atoms with Crippen molar-refractivity contribution in [2.45, 2.75) is 6.92 Å². The molecule has 0 spiro atoms. The fourth-order valence-electron chi connectivity index (χ4n) is 1.92. The van der Waals surface area contributed by atoms with Crippen molar-refractivity contribution < 1.29 is 0 Å². The van der Waals surface area contributed by atoms with Crippen LogP contribution in [-0.4, -0.2) is 16.5 Å². The summed E-state index contributed by atoms with van der Waals surface area (Å²) < 4.78 is 1.11. The maximum atomic E-state index is 6.20. The van der Waals surface area contributed by atoms with Crippen LogP contribution in [0.5, 0.6) is 0 Å². The van der Waals surface area contributed by atoms with Crippen LogP contribution in [0.25, 0.3) is 10.2 Å². The number of nitrogens with zero attached hydrogens (tertiary/aromatic N) is 2. The molecule has 0 saturated carbocycles. The van der Waals surface area contributed by atoms with E-state index < -0.39 is 0 Å². The van der Waals surface area contributed by atoms with Crippen LogP contribution < -0.4 is 10.6 Å². The number of aromatic nitrogens is 2. The predicted octanol–water partition coefficient (Wildman–Crippen LogP) is 5.17. The summed E-state index contributed by atoms with van der Waals surface area (Å²) in [5.74, 6) is 1.19. The monoisotopic (exact) mass is 338 g/mol. The molecule has 0 aliphatic rings. The number of benzene rings is 1. The van der Waals surface area contributed by atoms with Gasteiger partial charge in [0.2, 0.25) is 0 Å². The van der Waals surface area contributed by atoms with E-state index in [1.165, 1.54) is 0 Å². The molecule has 4 nitrogen and oxygen atoms in total. The van der Waals surface area contributed by atoms with Gasteiger partial charge in [-0.05, 0) is 31.2 Å². The minimum atomic E-state index is 0.478. The summed E-state index contributed by atoms with van der Waals surface area (Å²) in [4.78, 5) is 8.68. The molecule has 1 aromatic carbocycles. The van der Waals surface area contributed by atoms with Crippen LogP contribution in [0.15, 0.2) is 29.8 Å². The summed E-state index contributed by atoms with van der Waals surface area (Å²) in [6.07, 6.45) is 0. The normalized spacial score (nSPS) is 10.8. The summed E-state index contributed by atoms with van der Waals surface area (Å²) in [6.45, 7) is 2.72. The molecule has 108 valence electrons. The van der Waals surface area contributed by atoms with Gasteiger partial charge in [0.1, 0.15) is 5.82 Å². The number of thiazole rings is 1. The van der Waals surface area contributed by atoms with E-state index in [1.807, 2.05) is 30.6 Å². The molecule has 0 atom stereocenters. The lowest BCUT2D eigenvalue weighted by atomic mass is 10.3. The molecule has 0 radical (unpaired) electrons. The lowest BCUT2D eigenvalue weighted by Gasteiger charge is -2.11. The summed E-state index contributed by atoms with van der Waals surface area (Å²) in [6, 6.07) is 7.61. The average Bonchev–Trinajstić information content (AvgIpc) is 2.92. The fraction of sp³-hybridized carbons (Fsp3) is 0.143. The minimum Gasteiger partial charge on any atom is -0.369 e. The Morgan fingerprint density at radius 1 is 1.14 bits per heavy atom. The zero-order chi connectivity index (χ0) is 14.8. The minimum absolute atomic E-state index is 0.478. The Labute approximate surface area is 136 Å². The maximum Gasteiger partial charge on any atom is 0.151 e. The number of fused-ring (bicyclic) bond motifs is 1. The van der Waals surface area contributed by atoms with Gasteiger partial charge < -0.3 is 10.6 Å². The first-order valence-corrected chi connectivity index (χ1v) is 8.01. The number of pyridine rings is 1. The van der Waals surface area contributed by atoms with Crippen LogP contribution in [-0.2, 0) is 0 Å². The van der Waals surface area contributed by atoms with Crippen molar-refractivity contribution >= 4 is 62.1 Å². The number of hydrogen-bond acceptors (Lipinski definition) is 5. The van der Waals surface area contributed by atoms with E-state index in [4.69, 9.17) is 23.2 Å². The van der Waals surface area contributed by atoms with Gasteiger partial charge in [0, 0.05) is 12.2 Å². The maximum absolute atomic E-state index is 6.20. The van der Waals surface area contributed by atoms with Crippen molar-refractivity contribution in [1.82, 2.24) is 9.97 Å². The highest BCUT2D eigenvalue weighted by Crippen LogP contribution is 2.32. The third-order valence-electron chi connectivity index (χ3n) is 2.87. The zero-order valence-electron chi connectivity index (χ0n) is 11.2. The Bertz CT molecular complexity index is 788. The van der Waals surface area contributed by atoms with Gasteiger partial charge in [-0.25, -0.2) is 9.97 Å². The highest BCUT2D eigenvalue weighted by atomic mass is 35.5. The largest absolute Gasteiger partial charge is 0.369 e. The number of rotatable bonds is 4. The molecule has 0 amide bonds. The first-order chi connectivity index (χ1) is 10.2. The van der Waals surface area contributed by atoms with Crippen molar-refractivity contribution in [3.05, 3.63) is 39.8 Å². The third kappa shape index (κ3) is 3.05. The van der Waals surface area contributed by atoms with E-state index in [0.717, 1.165) is 22.4 Å². The van der Waals surface area contributed by atoms with Gasteiger partial charge in [-0.2, -0.15) is 0 Å². The molecular weight excluding hydrogens is 327 g/mol. The van der Waals surface area contributed by atoms with E-state index in [-0.39, 0.29) is 0 Å². The summed E-state index contributed by atoms with van der Waals surface area (Å²) >= 11 is 13.9. The van der Waals surface area contributed by atoms with E-state index in [9.17, 15) is 0 Å². The SMILES string of the molecule is CCNc1nc(Nc2ccc3ncsc3c2)c(Cl)cc1Cl. The number of halogens is 2. The van der Waals surface area contributed by atoms with Crippen molar-refractivity contribution in [2.24, 2.45) is 0 Å². The molecule has 0 bridgehead atoms. The average molecular weight is 339 g/mol. The highest BCUT2D eigenvalue weighted by Gasteiger charge is 2.09. The van der Waals surface area contributed by atoms with Crippen molar-refractivity contribution in [3.8, 4) is 0 Å². The number of nitrogens with one attached hydrogen (secondary N) is 2. The first-order valence-electron chi connectivity index (χ1n) is 6.37. The Morgan fingerprint density at radius 2 is 1.95 bits per heavy atom. The van der Waals surface area contributed by atoms with Gasteiger partial charge in [-0.3, -0.25) is 0 Å². The standard InChI is InChI=1S/C14H12Cl2N4S/c1-2-17-13-9(15)6-10(16)14(20-13)19-8-3-4-11-12(5-8)21-7-18-11/h3-7H,2H2,1H3,(H2,17,19,20). The van der Waals surface area contributed by atoms with Crippen LogP contribution in [0, 0.1) is 0 Å². The second-order valence-electron chi connectivity index (χ2n) is 4.34. The molecule has 0 unspecified atom stereocenters. The van der Waals surface area contributed by atoms with Crippen molar-refractivity contribution in [2.75, 3.05) is 17.2 Å². The smallest absolute Gasteiger partial charge is 0.151 e. The van der Waals surface area contributed by atoms with Crippen LogP contribution in [0.1, 0.15) is 6.92 Å². The first kappa shape index (κ1) is 14.4. The van der Waals surface area contributed by atoms with E-state index in [1.54, 1.807) is 17.4 Å². The molecule has 3 aromatic rings. The Hall–Kier alpha value is -1.56. The Balaban J connectivity index is 1.94. The van der Waals surface area contributed by atoms with Crippen LogP contribution >= 0.6 is 34.5 Å². The Morgan fingerprint density at radius 3 is 2.76 bits per heavy atom. The van der Waals surface area contributed by atoms with Gasteiger partial charge in [-0.1, -0.05) is 23.2 Å². The van der Waals surface area contributed by atoms with Crippen molar-refractivity contribution in [1.29, 1.82) is 0 Å². The molecule has 7 heteroatoms. The van der Waals surface area contributed by atoms with E-state index in [2.05, 4.69) is 20.6 Å². The highest BCUT2D eigenvalue weighted by molar-refractivity contribution is 7.16. The molecule has 2 N–H and O–H groups in total. The van der Waals surface area contributed by atoms with Gasteiger partial charge >= 0.3 is 0 Å². The molecule has 0 aliphatic carbocycles. The molecule has 2 aromatic heterocycles. The molecule has 0 fully saturated rings. The molecule has 21 heavy (non-hydrogen) atoms. The van der Waals surface area contributed by atoms with Crippen LogP contribution in [0.2, 0.25) is 10.0 Å². The predicted molar refractivity (Wildman–Crippen MR) is 91.3 cm³/mol. The summed E-state index contributed by atoms with van der Waals surface area (Å²) in [5.41, 5.74) is 3.71. The number of hydrogen-bond donors (Lipinski definition) is 2. The second-order valence-corrected chi connectivity index (χ2v) is 6.04. The summed E-state index contributed by atoms with van der Waals surface area (Å²) in [5, 5.41) is 7.31. The second kappa shape index (κ2) is 6.05. The molecule has 2 heterocycles. The molecular formula is C14H12Cl2N4S. The molecule has 0 aliphatic heterocycles. The third-order valence-corrected chi connectivity index (χ3v) is 4.24. The van der Waals surface area contributed by atoms with Gasteiger partial charge in [0.25, 0.3) is 0 Å². The van der Waals surface area contributed by atoms with E-state index >= 15 is 0 Å². The lowest BCUT2D eigenvalue weighted by Crippen LogP contribution is -2.03. The molecule has 0 saturated heterocycles. The lowest BCUT2D eigenvalue weighted by molar-refractivity contribution is 1.16.